The van der Waals surface area contributed by atoms with Gasteiger partial charge >= 0.3 is 0 Å². The van der Waals surface area contributed by atoms with Crippen LogP contribution in [0.15, 0.2) is 10.9 Å². The first-order valence-corrected chi connectivity index (χ1v) is 10.1. The second-order valence-corrected chi connectivity index (χ2v) is 9.14. The molecule has 0 fully saturated rings. The molecule has 1 aliphatic heterocycles. The molecule has 3 aromatic heterocycles. The van der Waals surface area contributed by atoms with Crippen LogP contribution in [0.3, 0.4) is 0 Å². The zero-order valence-electron chi connectivity index (χ0n) is 16.0. The Hall–Kier alpha value is -1.79. The summed E-state index contributed by atoms with van der Waals surface area (Å²) in [6.07, 6.45) is 1.53. The molecule has 0 unspecified atom stereocenters. The second kappa shape index (κ2) is 6.13. The molecule has 0 radical (unpaired) electrons. The Bertz CT molecular complexity index is 1060. The van der Waals surface area contributed by atoms with Gasteiger partial charge in [-0.15, -0.1) is 11.3 Å². The van der Waals surface area contributed by atoms with Crippen LogP contribution in [0.4, 0.5) is 0 Å². The third kappa shape index (κ3) is 2.85. The average molecular weight is 372 g/mol. The first kappa shape index (κ1) is 17.6. The maximum absolute atomic E-state index is 13.1. The minimum absolute atomic E-state index is 0.0677. The number of pyridine rings is 1. The number of fused-ring (bicyclic) bond motifs is 4. The number of thiophene rings is 1. The summed E-state index contributed by atoms with van der Waals surface area (Å²) in [5.74, 6) is 1.25. The van der Waals surface area contributed by atoms with E-state index in [9.17, 15) is 4.79 Å². The van der Waals surface area contributed by atoms with Crippen molar-refractivity contribution in [2.24, 2.45) is 5.92 Å². The molecule has 6 heteroatoms. The van der Waals surface area contributed by atoms with Crippen LogP contribution in [-0.2, 0) is 30.7 Å². The Balaban J connectivity index is 1.98. The Morgan fingerprint density at radius 1 is 1.35 bits per heavy atom. The number of rotatable bonds is 3. The van der Waals surface area contributed by atoms with Gasteiger partial charge in [0.2, 0.25) is 0 Å². The van der Waals surface area contributed by atoms with E-state index in [4.69, 9.17) is 14.7 Å². The number of aromatic nitrogens is 3. The van der Waals surface area contributed by atoms with Gasteiger partial charge in [-0.05, 0) is 25.8 Å². The topological polar surface area (TPSA) is 57.0 Å². The Morgan fingerprint density at radius 2 is 2.12 bits per heavy atom. The quantitative estimate of drug-likeness (QED) is 0.696. The lowest BCUT2D eigenvalue weighted by Crippen LogP contribution is -2.32. The average Bonchev–Trinajstić information content (AvgIpc) is 2.92. The Labute approximate surface area is 157 Å². The standard InChI is InChI=1S/C20H25N3O2S/c1-6-15-22-16-13-7-12-10-25-20(4,5)8-14(12)21-18(13)26-17(16)19(24)23(15)9-11(2)3/h7,11H,6,8-10H2,1-5H3. The number of hydrogen-bond acceptors (Lipinski definition) is 5. The van der Waals surface area contributed by atoms with Crippen molar-refractivity contribution in [3.63, 3.8) is 0 Å². The van der Waals surface area contributed by atoms with Gasteiger partial charge < -0.3 is 4.74 Å². The molecule has 0 atom stereocenters. The first-order chi connectivity index (χ1) is 12.3. The smallest absolute Gasteiger partial charge is 0.271 e. The molecular weight excluding hydrogens is 346 g/mol. The van der Waals surface area contributed by atoms with E-state index in [2.05, 4.69) is 40.7 Å². The van der Waals surface area contributed by atoms with Crippen LogP contribution in [0, 0.1) is 5.92 Å². The fourth-order valence-electron chi connectivity index (χ4n) is 3.60. The number of aryl methyl sites for hydroxylation is 1. The predicted octanol–water partition coefficient (Wildman–Crippen LogP) is 4.08. The van der Waals surface area contributed by atoms with E-state index in [1.54, 1.807) is 0 Å². The summed E-state index contributed by atoms with van der Waals surface area (Å²) in [6, 6.07) is 2.13. The monoisotopic (exact) mass is 371 g/mol. The summed E-state index contributed by atoms with van der Waals surface area (Å²) in [6.45, 7) is 11.7. The molecule has 0 amide bonds. The van der Waals surface area contributed by atoms with E-state index in [-0.39, 0.29) is 11.2 Å². The minimum atomic E-state index is -0.192. The zero-order chi connectivity index (χ0) is 18.6. The number of hydrogen-bond donors (Lipinski definition) is 0. The van der Waals surface area contributed by atoms with Crippen LogP contribution in [0.5, 0.6) is 0 Å². The molecule has 0 spiro atoms. The van der Waals surface area contributed by atoms with E-state index >= 15 is 0 Å². The van der Waals surface area contributed by atoms with Gasteiger partial charge in [0.15, 0.2) is 0 Å². The molecule has 138 valence electrons. The Morgan fingerprint density at radius 3 is 2.81 bits per heavy atom. The van der Waals surface area contributed by atoms with Crippen LogP contribution in [0.25, 0.3) is 20.4 Å². The molecule has 5 nitrogen and oxygen atoms in total. The highest BCUT2D eigenvalue weighted by Gasteiger charge is 2.28. The molecule has 4 heterocycles. The van der Waals surface area contributed by atoms with E-state index in [0.29, 0.717) is 23.8 Å². The molecule has 0 N–H and O–H groups in total. The van der Waals surface area contributed by atoms with Crippen LogP contribution >= 0.6 is 11.3 Å². The zero-order valence-corrected chi connectivity index (χ0v) is 16.9. The molecule has 26 heavy (non-hydrogen) atoms. The molecule has 1 aliphatic rings. The van der Waals surface area contributed by atoms with Crippen molar-refractivity contribution in [1.29, 1.82) is 0 Å². The van der Waals surface area contributed by atoms with E-state index in [1.807, 2.05) is 4.57 Å². The van der Waals surface area contributed by atoms with Gasteiger partial charge in [-0.1, -0.05) is 20.8 Å². The maximum atomic E-state index is 13.1. The van der Waals surface area contributed by atoms with Gasteiger partial charge in [0.25, 0.3) is 5.56 Å². The molecular formula is C20H25N3O2S. The van der Waals surface area contributed by atoms with Crippen LogP contribution in [0.1, 0.15) is 51.7 Å². The van der Waals surface area contributed by atoms with Crippen molar-refractivity contribution in [3.8, 4) is 0 Å². The van der Waals surface area contributed by atoms with Gasteiger partial charge in [0.05, 0.1) is 23.4 Å². The molecule has 0 saturated heterocycles. The van der Waals surface area contributed by atoms with Gasteiger partial charge in [0.1, 0.15) is 15.4 Å². The Kier molecular flexibility index (Phi) is 4.15. The lowest BCUT2D eigenvalue weighted by Gasteiger charge is -2.30. The van der Waals surface area contributed by atoms with Crippen LogP contribution in [0.2, 0.25) is 0 Å². The third-order valence-corrected chi connectivity index (χ3v) is 5.97. The summed E-state index contributed by atoms with van der Waals surface area (Å²) >= 11 is 1.47. The largest absolute Gasteiger partial charge is 0.370 e. The predicted molar refractivity (Wildman–Crippen MR) is 106 cm³/mol. The van der Waals surface area contributed by atoms with E-state index in [0.717, 1.165) is 45.7 Å². The SMILES string of the molecule is CCc1nc2c(sc3nc4c(cc32)COC(C)(C)C4)c(=O)n1CC(C)C. The van der Waals surface area contributed by atoms with Crippen LogP contribution < -0.4 is 5.56 Å². The molecule has 0 saturated carbocycles. The lowest BCUT2D eigenvalue weighted by molar-refractivity contribution is -0.0411. The van der Waals surface area contributed by atoms with Gasteiger partial charge in [-0.2, -0.15) is 0 Å². The highest BCUT2D eigenvalue weighted by atomic mass is 32.1. The minimum Gasteiger partial charge on any atom is -0.370 e. The highest BCUT2D eigenvalue weighted by Crippen LogP contribution is 2.34. The normalized spacial score (nSPS) is 16.5. The van der Waals surface area contributed by atoms with Crippen molar-refractivity contribution in [3.05, 3.63) is 33.5 Å². The fourth-order valence-corrected chi connectivity index (χ4v) is 4.67. The fraction of sp³-hybridized carbons (Fsp3) is 0.550. The highest BCUT2D eigenvalue weighted by molar-refractivity contribution is 7.25. The van der Waals surface area contributed by atoms with Gasteiger partial charge in [-0.3, -0.25) is 9.36 Å². The maximum Gasteiger partial charge on any atom is 0.271 e. The molecule has 4 rings (SSSR count). The first-order valence-electron chi connectivity index (χ1n) is 9.27. The van der Waals surface area contributed by atoms with Gasteiger partial charge in [0, 0.05) is 30.3 Å². The number of ether oxygens (including phenoxy) is 1. The van der Waals surface area contributed by atoms with E-state index in [1.165, 1.54) is 11.3 Å². The third-order valence-electron chi connectivity index (χ3n) is 4.89. The summed E-state index contributed by atoms with van der Waals surface area (Å²) in [4.78, 5) is 23.8. The van der Waals surface area contributed by atoms with Gasteiger partial charge in [-0.25, -0.2) is 9.97 Å². The molecule has 0 aromatic carbocycles. The summed E-state index contributed by atoms with van der Waals surface area (Å²) < 4.78 is 8.50. The van der Waals surface area contributed by atoms with Crippen LogP contribution in [-0.4, -0.2) is 20.1 Å². The van der Waals surface area contributed by atoms with Crippen molar-refractivity contribution in [2.75, 3.05) is 0 Å². The second-order valence-electron chi connectivity index (χ2n) is 8.14. The summed E-state index contributed by atoms with van der Waals surface area (Å²) in [5, 5.41) is 0.982. The van der Waals surface area contributed by atoms with Crippen molar-refractivity contribution >= 4 is 31.8 Å². The lowest BCUT2D eigenvalue weighted by atomic mass is 9.95. The molecule has 3 aromatic rings. The molecule has 0 bridgehead atoms. The number of nitrogens with zero attached hydrogens (tertiary/aromatic N) is 3. The van der Waals surface area contributed by atoms with Crippen molar-refractivity contribution in [2.45, 2.75) is 66.2 Å². The van der Waals surface area contributed by atoms with Crippen molar-refractivity contribution < 1.29 is 4.74 Å². The molecule has 0 aliphatic carbocycles. The summed E-state index contributed by atoms with van der Waals surface area (Å²) in [5.41, 5.74) is 2.87. The summed E-state index contributed by atoms with van der Waals surface area (Å²) in [7, 11) is 0. The van der Waals surface area contributed by atoms with E-state index < -0.39 is 0 Å². The van der Waals surface area contributed by atoms with Crippen molar-refractivity contribution in [1.82, 2.24) is 14.5 Å².